The minimum absolute atomic E-state index is 0.0228. The number of methoxy groups -OCH3 is 1. The highest BCUT2D eigenvalue weighted by Gasteiger charge is 2.18. The van der Waals surface area contributed by atoms with Gasteiger partial charge in [0.05, 0.1) is 13.7 Å². The molecule has 8 nitrogen and oxygen atoms in total. The van der Waals surface area contributed by atoms with Crippen molar-refractivity contribution in [3.63, 3.8) is 0 Å². The molecule has 0 radical (unpaired) electrons. The molecule has 3 rings (SSSR count). The molecule has 0 saturated carbocycles. The van der Waals surface area contributed by atoms with Crippen molar-refractivity contribution in [2.24, 2.45) is 0 Å². The Balaban J connectivity index is 1.57. The van der Waals surface area contributed by atoms with E-state index in [9.17, 15) is 4.79 Å². The van der Waals surface area contributed by atoms with Crippen LogP contribution in [-0.4, -0.2) is 55.2 Å². The van der Waals surface area contributed by atoms with Gasteiger partial charge >= 0.3 is 0 Å². The number of hydrogen-bond donors (Lipinski definition) is 1. The first-order valence-electron chi connectivity index (χ1n) is 9.62. The monoisotopic (exact) mass is 384 g/mol. The van der Waals surface area contributed by atoms with Crippen molar-refractivity contribution in [3.8, 4) is 5.75 Å². The molecule has 1 aromatic heterocycles. The van der Waals surface area contributed by atoms with Crippen LogP contribution in [-0.2, 0) is 17.8 Å². The average molecular weight is 384 g/mol. The third kappa shape index (κ3) is 5.31. The largest absolute Gasteiger partial charge is 0.497 e. The fourth-order valence-electron chi connectivity index (χ4n) is 3.05. The van der Waals surface area contributed by atoms with Crippen molar-refractivity contribution >= 4 is 17.8 Å². The van der Waals surface area contributed by atoms with Crippen LogP contribution in [0.25, 0.3) is 0 Å². The summed E-state index contributed by atoms with van der Waals surface area (Å²) in [6.07, 6.45) is 3.40. The summed E-state index contributed by atoms with van der Waals surface area (Å²) >= 11 is 0. The van der Waals surface area contributed by atoms with Gasteiger partial charge in [-0.15, -0.1) is 0 Å². The van der Waals surface area contributed by atoms with E-state index in [0.29, 0.717) is 37.1 Å². The van der Waals surface area contributed by atoms with E-state index in [1.807, 2.05) is 43.3 Å². The summed E-state index contributed by atoms with van der Waals surface area (Å²) in [6, 6.07) is 7.76. The first-order valence-corrected chi connectivity index (χ1v) is 9.62. The summed E-state index contributed by atoms with van der Waals surface area (Å²) in [5.41, 5.74) is 1.10. The maximum Gasteiger partial charge on any atom is 0.230 e. The summed E-state index contributed by atoms with van der Waals surface area (Å²) in [5.74, 6) is 2.68. The van der Waals surface area contributed by atoms with Crippen LogP contribution in [0.1, 0.15) is 30.7 Å². The fraction of sp³-hybridized carbons (Fsp3) is 0.500. The van der Waals surface area contributed by atoms with E-state index in [1.165, 1.54) is 0 Å². The van der Waals surface area contributed by atoms with Crippen molar-refractivity contribution in [1.82, 2.24) is 20.3 Å². The molecule has 0 atom stereocenters. The zero-order valence-corrected chi connectivity index (χ0v) is 16.8. The first kappa shape index (κ1) is 19.9. The van der Waals surface area contributed by atoms with Gasteiger partial charge in [-0.2, -0.15) is 15.0 Å². The highest BCUT2D eigenvalue weighted by molar-refractivity contribution is 5.76. The number of aromatic nitrogens is 3. The van der Waals surface area contributed by atoms with E-state index >= 15 is 0 Å². The van der Waals surface area contributed by atoms with Gasteiger partial charge in [0.25, 0.3) is 0 Å². The fourth-order valence-corrected chi connectivity index (χ4v) is 3.05. The Hall–Kier alpha value is -2.90. The van der Waals surface area contributed by atoms with Crippen molar-refractivity contribution in [3.05, 3.63) is 35.7 Å². The topological polar surface area (TPSA) is 83.5 Å². The minimum atomic E-state index is -0.0228. The SMILES string of the molecule is COc1ccc(CCC(=O)NCc2nc(N(C)C)nc(N3CCCC3)n2)cc1. The van der Waals surface area contributed by atoms with Gasteiger partial charge in [0.1, 0.15) is 5.75 Å². The number of aryl methyl sites for hydroxylation is 1. The lowest BCUT2D eigenvalue weighted by Crippen LogP contribution is -2.27. The molecule has 0 spiro atoms. The van der Waals surface area contributed by atoms with Crippen LogP contribution in [0, 0.1) is 0 Å². The minimum Gasteiger partial charge on any atom is -0.497 e. The van der Waals surface area contributed by atoms with Gasteiger partial charge in [-0.05, 0) is 37.0 Å². The molecule has 1 aliphatic heterocycles. The number of carbonyl (C=O) groups is 1. The first-order chi connectivity index (χ1) is 13.5. The van der Waals surface area contributed by atoms with Crippen LogP contribution < -0.4 is 19.9 Å². The Morgan fingerprint density at radius 3 is 2.50 bits per heavy atom. The van der Waals surface area contributed by atoms with Crippen molar-refractivity contribution in [2.45, 2.75) is 32.2 Å². The predicted octanol–water partition coefficient (Wildman–Crippen LogP) is 1.80. The van der Waals surface area contributed by atoms with Crippen LogP contribution in [0.4, 0.5) is 11.9 Å². The Kier molecular flexibility index (Phi) is 6.62. The zero-order valence-electron chi connectivity index (χ0n) is 16.8. The Morgan fingerprint density at radius 1 is 1.14 bits per heavy atom. The standard InChI is InChI=1S/C20H28N6O2/c1-25(2)19-22-17(23-20(24-19)26-12-4-5-13-26)14-21-18(27)11-8-15-6-9-16(28-3)10-7-15/h6-7,9-10H,4-5,8,11-14H2,1-3H3,(H,21,27). The van der Waals surface area contributed by atoms with Gasteiger partial charge in [0, 0.05) is 33.6 Å². The predicted molar refractivity (Wildman–Crippen MR) is 109 cm³/mol. The Labute approximate surface area is 166 Å². The Bertz CT molecular complexity index is 788. The van der Waals surface area contributed by atoms with E-state index < -0.39 is 0 Å². The molecule has 28 heavy (non-hydrogen) atoms. The Morgan fingerprint density at radius 2 is 1.86 bits per heavy atom. The number of benzene rings is 1. The van der Waals surface area contributed by atoms with Crippen LogP contribution in [0.2, 0.25) is 0 Å². The van der Waals surface area contributed by atoms with Crippen LogP contribution in [0.15, 0.2) is 24.3 Å². The third-order valence-electron chi connectivity index (χ3n) is 4.69. The summed E-state index contributed by atoms with van der Waals surface area (Å²) in [7, 11) is 5.45. The summed E-state index contributed by atoms with van der Waals surface area (Å²) in [4.78, 5) is 29.8. The van der Waals surface area contributed by atoms with Gasteiger partial charge in [0.2, 0.25) is 17.8 Å². The number of nitrogens with zero attached hydrogens (tertiary/aromatic N) is 5. The smallest absolute Gasteiger partial charge is 0.230 e. The molecule has 0 unspecified atom stereocenters. The van der Waals surface area contributed by atoms with Crippen molar-refractivity contribution in [2.75, 3.05) is 44.1 Å². The lowest BCUT2D eigenvalue weighted by molar-refractivity contribution is -0.121. The molecule has 1 fully saturated rings. The highest BCUT2D eigenvalue weighted by atomic mass is 16.5. The summed E-state index contributed by atoms with van der Waals surface area (Å²) in [6.45, 7) is 2.22. The van der Waals surface area contributed by atoms with Crippen molar-refractivity contribution < 1.29 is 9.53 Å². The molecule has 1 aliphatic rings. The molecular formula is C20H28N6O2. The molecule has 1 aromatic carbocycles. The maximum atomic E-state index is 12.2. The maximum absolute atomic E-state index is 12.2. The van der Waals surface area contributed by atoms with Gasteiger partial charge in [-0.3, -0.25) is 4.79 Å². The van der Waals surface area contributed by atoms with Crippen LogP contribution >= 0.6 is 0 Å². The second kappa shape index (κ2) is 9.34. The van der Waals surface area contributed by atoms with Gasteiger partial charge in [-0.25, -0.2) is 0 Å². The molecule has 1 amide bonds. The second-order valence-corrected chi connectivity index (χ2v) is 7.07. The average Bonchev–Trinajstić information content (AvgIpc) is 3.26. The number of amides is 1. The number of carbonyl (C=O) groups excluding carboxylic acids is 1. The lowest BCUT2D eigenvalue weighted by atomic mass is 10.1. The zero-order chi connectivity index (χ0) is 19.9. The van der Waals surface area contributed by atoms with E-state index in [1.54, 1.807) is 7.11 Å². The number of rotatable bonds is 8. The number of hydrogen-bond acceptors (Lipinski definition) is 7. The summed E-state index contributed by atoms with van der Waals surface area (Å²) < 4.78 is 5.15. The molecule has 1 saturated heterocycles. The molecule has 2 heterocycles. The van der Waals surface area contributed by atoms with Gasteiger partial charge in [0.15, 0.2) is 5.82 Å². The molecule has 2 aromatic rings. The summed E-state index contributed by atoms with van der Waals surface area (Å²) in [5, 5.41) is 2.92. The normalized spacial score (nSPS) is 13.5. The third-order valence-corrected chi connectivity index (χ3v) is 4.69. The van der Waals surface area contributed by atoms with E-state index in [2.05, 4.69) is 25.2 Å². The molecule has 150 valence electrons. The van der Waals surface area contributed by atoms with Crippen LogP contribution in [0.5, 0.6) is 5.75 Å². The second-order valence-electron chi connectivity index (χ2n) is 7.07. The van der Waals surface area contributed by atoms with Crippen molar-refractivity contribution in [1.29, 1.82) is 0 Å². The quantitative estimate of drug-likeness (QED) is 0.743. The molecule has 1 N–H and O–H groups in total. The highest BCUT2D eigenvalue weighted by Crippen LogP contribution is 2.18. The molecule has 0 bridgehead atoms. The molecule has 8 heteroatoms. The number of ether oxygens (including phenoxy) is 1. The number of anilines is 2. The van der Waals surface area contributed by atoms with E-state index in [-0.39, 0.29) is 5.91 Å². The van der Waals surface area contributed by atoms with Gasteiger partial charge in [-0.1, -0.05) is 12.1 Å². The lowest BCUT2D eigenvalue weighted by Gasteiger charge is -2.19. The van der Waals surface area contributed by atoms with Gasteiger partial charge < -0.3 is 19.9 Å². The molecule has 0 aliphatic carbocycles. The van der Waals surface area contributed by atoms with E-state index in [0.717, 1.165) is 37.2 Å². The van der Waals surface area contributed by atoms with Crippen LogP contribution in [0.3, 0.4) is 0 Å². The van der Waals surface area contributed by atoms with E-state index in [4.69, 9.17) is 4.74 Å². The molecular weight excluding hydrogens is 356 g/mol. The number of nitrogens with one attached hydrogen (secondary N) is 1.